The number of methoxy groups -OCH3 is 2. The second kappa shape index (κ2) is 23.8. The molecule has 6 heterocycles. The number of hydrogen-bond acceptors (Lipinski definition) is 16. The first-order chi connectivity index (χ1) is 37.4. The molecular weight excluding hydrogens is 977 g/mol. The summed E-state index contributed by atoms with van der Waals surface area (Å²) in [4.78, 5) is 87.5. The van der Waals surface area contributed by atoms with Crippen molar-refractivity contribution in [2.75, 3.05) is 104 Å². The molecule has 20 nitrogen and oxygen atoms in total. The second-order valence-electron chi connectivity index (χ2n) is 22.1. The predicted octanol–water partition coefficient (Wildman–Crippen LogP) is 7.12. The summed E-state index contributed by atoms with van der Waals surface area (Å²) in [6, 6.07) is 11.2. The third kappa shape index (κ3) is 12.0. The highest BCUT2D eigenvalue weighted by atomic mass is 16.5. The van der Waals surface area contributed by atoms with Crippen LogP contribution in [0.3, 0.4) is 0 Å². The van der Waals surface area contributed by atoms with Crippen LogP contribution in [0.2, 0.25) is 0 Å². The fourth-order valence-corrected chi connectivity index (χ4v) is 12.7. The third-order valence-electron chi connectivity index (χ3n) is 17.0. The standard InChI is InChI=1S/C57H78N14O6/c1-7-68-46-34-58-56(62-44-16-13-38(32-48(44)76-5)54(74)60-40-18-24-66(3)25-19-40)64-52(46)70(28-22-50(68)72)43-15-12-37(31-43)30-36(2)71-47-35-59-57(65-53(47)69(29-23-51(71)73)42-10-8-9-11-42)63-45-17-14-39(33-49(45)77-6)55(75)61-41-20-26-67(4)27-21-41/h13-14,16-17,32-37,40-43H,7-12,15,18-31H2,1-6H3,(H,60,74)(H,61,75)(H,58,62,64)(H,59,63,65). The van der Waals surface area contributed by atoms with E-state index >= 15 is 0 Å². The van der Waals surface area contributed by atoms with E-state index in [2.05, 4.69) is 61.9 Å². The number of nitrogens with one attached hydrogen (secondary N) is 4. The Morgan fingerprint density at radius 3 is 1.69 bits per heavy atom. The quantitative estimate of drug-likeness (QED) is 0.0882. The van der Waals surface area contributed by atoms with Crippen LogP contribution in [0.1, 0.15) is 124 Å². The summed E-state index contributed by atoms with van der Waals surface area (Å²) >= 11 is 0. The number of rotatable bonds is 16. The van der Waals surface area contributed by atoms with Gasteiger partial charge in [-0.3, -0.25) is 19.2 Å². The Bertz CT molecular complexity index is 2780. The van der Waals surface area contributed by atoms with Crippen LogP contribution < -0.4 is 50.3 Å². The van der Waals surface area contributed by atoms with Gasteiger partial charge in [-0.05, 0) is 161 Å². The first-order valence-electron chi connectivity index (χ1n) is 28.1. The minimum absolute atomic E-state index is 0.0322. The fraction of sp³-hybridized carbons (Fsp3) is 0.579. The molecule has 2 aromatic heterocycles. The molecule has 3 atom stereocenters. The number of ether oxygens (including phenoxy) is 2. The molecule has 20 heteroatoms. The van der Waals surface area contributed by atoms with Crippen molar-refractivity contribution in [3.05, 3.63) is 59.9 Å². The molecule has 77 heavy (non-hydrogen) atoms. The highest BCUT2D eigenvalue weighted by Gasteiger charge is 2.40. The van der Waals surface area contributed by atoms with Crippen LogP contribution in [0.4, 0.5) is 46.3 Å². The van der Waals surface area contributed by atoms with Gasteiger partial charge in [0.2, 0.25) is 23.7 Å². The molecule has 4 aromatic rings. The lowest BCUT2D eigenvalue weighted by molar-refractivity contribution is -0.119. The molecule has 4 aliphatic heterocycles. The number of carbonyl (C=O) groups excluding carboxylic acids is 4. The van der Waals surface area contributed by atoms with Gasteiger partial charge < -0.3 is 60.1 Å². The average Bonchev–Trinajstić information content (AvgIpc) is 4.10. The normalized spacial score (nSPS) is 21.5. The van der Waals surface area contributed by atoms with Gasteiger partial charge in [0.1, 0.15) is 22.9 Å². The average molecular weight is 1060 g/mol. The van der Waals surface area contributed by atoms with E-state index in [0.29, 0.717) is 95.8 Å². The smallest absolute Gasteiger partial charge is 0.251 e. The van der Waals surface area contributed by atoms with E-state index in [-0.39, 0.29) is 53.8 Å². The molecule has 2 saturated carbocycles. The van der Waals surface area contributed by atoms with Crippen molar-refractivity contribution in [1.82, 2.24) is 40.4 Å². The van der Waals surface area contributed by atoms with Crippen molar-refractivity contribution in [3.8, 4) is 11.5 Å². The number of piperidine rings is 2. The molecule has 0 radical (unpaired) electrons. The van der Waals surface area contributed by atoms with E-state index in [0.717, 1.165) is 115 Å². The van der Waals surface area contributed by atoms with E-state index < -0.39 is 0 Å². The number of nitrogens with zero attached hydrogens (tertiary/aromatic N) is 10. The first-order valence-corrected chi connectivity index (χ1v) is 28.1. The van der Waals surface area contributed by atoms with E-state index in [1.54, 1.807) is 55.8 Å². The van der Waals surface area contributed by atoms with Crippen molar-refractivity contribution in [1.29, 1.82) is 0 Å². The van der Waals surface area contributed by atoms with Crippen molar-refractivity contribution in [2.24, 2.45) is 5.92 Å². The molecule has 4 N–H and O–H groups in total. The molecule has 3 unspecified atom stereocenters. The summed E-state index contributed by atoms with van der Waals surface area (Å²) in [5.41, 5.74) is 3.69. The van der Waals surface area contributed by atoms with Crippen LogP contribution in [0.15, 0.2) is 48.8 Å². The molecule has 4 amide bonds. The Balaban J connectivity index is 0.847. The van der Waals surface area contributed by atoms with E-state index in [4.69, 9.17) is 29.4 Å². The van der Waals surface area contributed by atoms with E-state index in [1.807, 2.05) is 24.0 Å². The van der Waals surface area contributed by atoms with Gasteiger partial charge in [-0.2, -0.15) is 9.97 Å². The van der Waals surface area contributed by atoms with Crippen LogP contribution >= 0.6 is 0 Å². The Morgan fingerprint density at radius 1 is 0.649 bits per heavy atom. The molecule has 4 fully saturated rings. The van der Waals surface area contributed by atoms with Gasteiger partial charge in [-0.25, -0.2) is 9.97 Å². The van der Waals surface area contributed by atoms with Crippen LogP contribution in [0.25, 0.3) is 0 Å². The summed E-state index contributed by atoms with van der Waals surface area (Å²) in [7, 11) is 7.37. The van der Waals surface area contributed by atoms with Crippen molar-refractivity contribution in [2.45, 2.75) is 134 Å². The molecule has 0 bridgehead atoms. The molecule has 10 rings (SSSR count). The Hall–Kier alpha value is -6.80. The number of benzene rings is 2. The first kappa shape index (κ1) is 53.6. The summed E-state index contributed by atoms with van der Waals surface area (Å²) in [5.74, 6) is 3.32. The SMILES string of the molecule is CCN1C(=O)CCN(C2CCC(CC(C)N3C(=O)CCN(C4CCCC4)c4nc(Nc5ccc(C(=O)NC6CCN(C)CC6)cc5OC)ncc43)C2)c2nc(Nc3ccc(C(=O)NC4CCN(C)CC4)cc3OC)ncc21. The minimum atomic E-state index is -0.141. The lowest BCUT2D eigenvalue weighted by atomic mass is 9.97. The lowest BCUT2D eigenvalue weighted by Crippen LogP contribution is -2.43. The molecule has 0 spiro atoms. The molecule has 412 valence electrons. The highest BCUT2D eigenvalue weighted by Crippen LogP contribution is 2.43. The van der Waals surface area contributed by atoms with Gasteiger partial charge in [0.15, 0.2) is 11.6 Å². The number of aromatic nitrogens is 4. The van der Waals surface area contributed by atoms with Crippen LogP contribution in [0.5, 0.6) is 11.5 Å². The lowest BCUT2D eigenvalue weighted by Gasteiger charge is -2.33. The van der Waals surface area contributed by atoms with Gasteiger partial charge in [0.05, 0.1) is 38.0 Å². The molecular formula is C57H78N14O6. The third-order valence-corrected chi connectivity index (χ3v) is 17.0. The zero-order chi connectivity index (χ0) is 53.7. The number of anilines is 8. The van der Waals surface area contributed by atoms with Crippen LogP contribution in [-0.4, -0.2) is 158 Å². The molecule has 2 saturated heterocycles. The summed E-state index contributed by atoms with van der Waals surface area (Å²) in [6.07, 6.45) is 15.8. The van der Waals surface area contributed by atoms with Gasteiger partial charge in [-0.1, -0.05) is 12.8 Å². The topological polar surface area (TPSA) is 206 Å². The summed E-state index contributed by atoms with van der Waals surface area (Å²) in [6.45, 7) is 9.50. The minimum Gasteiger partial charge on any atom is -0.495 e. The molecule has 2 aliphatic carbocycles. The van der Waals surface area contributed by atoms with Gasteiger partial charge in [0, 0.05) is 73.8 Å². The summed E-state index contributed by atoms with van der Waals surface area (Å²) in [5, 5.41) is 13.1. The van der Waals surface area contributed by atoms with E-state index in [1.165, 1.54) is 0 Å². The van der Waals surface area contributed by atoms with Crippen LogP contribution in [0, 0.1) is 5.92 Å². The van der Waals surface area contributed by atoms with Gasteiger partial charge in [0.25, 0.3) is 11.8 Å². The Kier molecular flexibility index (Phi) is 16.6. The monoisotopic (exact) mass is 1050 g/mol. The van der Waals surface area contributed by atoms with Gasteiger partial charge in [-0.15, -0.1) is 0 Å². The Morgan fingerprint density at radius 2 is 1.16 bits per heavy atom. The Labute approximate surface area is 453 Å². The highest BCUT2D eigenvalue weighted by molar-refractivity contribution is 6.00. The van der Waals surface area contributed by atoms with Crippen molar-refractivity contribution >= 4 is 69.9 Å². The predicted molar refractivity (Wildman–Crippen MR) is 299 cm³/mol. The zero-order valence-electron chi connectivity index (χ0n) is 45.9. The number of likely N-dealkylation sites (tertiary alicyclic amines) is 2. The van der Waals surface area contributed by atoms with Crippen LogP contribution in [-0.2, 0) is 9.59 Å². The van der Waals surface area contributed by atoms with Crippen molar-refractivity contribution in [3.63, 3.8) is 0 Å². The molecule has 6 aliphatic rings. The number of carbonyl (C=O) groups is 4. The number of hydrogen-bond donors (Lipinski definition) is 4. The zero-order valence-corrected chi connectivity index (χ0v) is 45.9. The maximum Gasteiger partial charge on any atom is 0.251 e. The van der Waals surface area contributed by atoms with Gasteiger partial charge >= 0.3 is 0 Å². The maximum atomic E-state index is 14.4. The number of amides is 4. The van der Waals surface area contributed by atoms with E-state index in [9.17, 15) is 19.2 Å². The second-order valence-corrected chi connectivity index (χ2v) is 22.1. The molecule has 2 aromatic carbocycles. The summed E-state index contributed by atoms with van der Waals surface area (Å²) < 4.78 is 11.6. The van der Waals surface area contributed by atoms with Crippen molar-refractivity contribution < 1.29 is 28.7 Å². The fourth-order valence-electron chi connectivity index (χ4n) is 12.7. The maximum absolute atomic E-state index is 14.4. The largest absolute Gasteiger partial charge is 0.495 e. The number of fused-ring (bicyclic) bond motifs is 2.